The number of nitrogens with zero attached hydrogens (tertiary/aromatic N) is 2. The average Bonchev–Trinajstić information content (AvgIpc) is 2.58. The maximum absolute atomic E-state index is 12.0. The lowest BCUT2D eigenvalue weighted by Crippen LogP contribution is -2.27. The van der Waals surface area contributed by atoms with Crippen LogP contribution in [0.25, 0.3) is 12.2 Å². The van der Waals surface area contributed by atoms with Gasteiger partial charge in [-0.15, -0.1) is 0 Å². The molecule has 0 aromatic heterocycles. The van der Waals surface area contributed by atoms with Crippen molar-refractivity contribution in [1.29, 1.82) is 0 Å². The van der Waals surface area contributed by atoms with Crippen molar-refractivity contribution in [3.05, 3.63) is 65.7 Å². The summed E-state index contributed by atoms with van der Waals surface area (Å²) in [6, 6.07) is 17.7. The van der Waals surface area contributed by atoms with E-state index in [9.17, 15) is 4.79 Å². The summed E-state index contributed by atoms with van der Waals surface area (Å²) in [4.78, 5) is 18.1. The smallest absolute Gasteiger partial charge is 0.272 e. The molecule has 0 bridgehead atoms. The third kappa shape index (κ3) is 4.06. The molecule has 0 unspecified atom stereocenters. The van der Waals surface area contributed by atoms with Crippen LogP contribution in [0.1, 0.15) is 11.1 Å². The predicted octanol–water partition coefficient (Wildman–Crippen LogP) is 3.45. The number of hydrogen-bond donors (Lipinski definition) is 0. The SMILES string of the molecule is CON=CC(=O)N(C)c1ccccc1C=Cc1ccccc1. The van der Waals surface area contributed by atoms with E-state index in [1.165, 1.54) is 12.0 Å². The average molecular weight is 294 g/mol. The predicted molar refractivity (Wildman–Crippen MR) is 90.7 cm³/mol. The summed E-state index contributed by atoms with van der Waals surface area (Å²) in [5.41, 5.74) is 2.86. The zero-order chi connectivity index (χ0) is 15.8. The van der Waals surface area contributed by atoms with Gasteiger partial charge in [-0.25, -0.2) is 0 Å². The first kappa shape index (κ1) is 15.5. The molecule has 4 heteroatoms. The molecule has 2 aromatic rings. The molecule has 0 aliphatic heterocycles. The van der Waals surface area contributed by atoms with Gasteiger partial charge in [0, 0.05) is 7.05 Å². The van der Waals surface area contributed by atoms with Crippen LogP contribution in [0.3, 0.4) is 0 Å². The summed E-state index contributed by atoms with van der Waals surface area (Å²) in [6.07, 6.45) is 5.15. The number of benzene rings is 2. The molecule has 2 aromatic carbocycles. The molecule has 4 nitrogen and oxygen atoms in total. The number of rotatable bonds is 5. The first-order chi connectivity index (χ1) is 10.7. The van der Waals surface area contributed by atoms with Crippen LogP contribution in [0.5, 0.6) is 0 Å². The molecule has 0 heterocycles. The van der Waals surface area contributed by atoms with Gasteiger partial charge in [0.25, 0.3) is 5.91 Å². The second kappa shape index (κ2) is 7.78. The largest absolute Gasteiger partial charge is 0.399 e. The van der Waals surface area contributed by atoms with Gasteiger partial charge in [-0.3, -0.25) is 4.79 Å². The van der Waals surface area contributed by atoms with E-state index in [0.717, 1.165) is 23.0 Å². The number of carbonyl (C=O) groups is 1. The quantitative estimate of drug-likeness (QED) is 0.481. The number of para-hydroxylation sites is 1. The Kier molecular flexibility index (Phi) is 5.49. The highest BCUT2D eigenvalue weighted by molar-refractivity contribution is 6.32. The van der Waals surface area contributed by atoms with Crippen LogP contribution in [0, 0.1) is 0 Å². The van der Waals surface area contributed by atoms with Crippen molar-refractivity contribution < 1.29 is 9.63 Å². The van der Waals surface area contributed by atoms with Gasteiger partial charge in [-0.1, -0.05) is 65.8 Å². The minimum absolute atomic E-state index is 0.248. The number of carbonyl (C=O) groups excluding carboxylic acids is 1. The number of anilines is 1. The fourth-order valence-corrected chi connectivity index (χ4v) is 1.99. The van der Waals surface area contributed by atoms with E-state index < -0.39 is 0 Å². The fourth-order valence-electron chi connectivity index (χ4n) is 1.99. The van der Waals surface area contributed by atoms with E-state index >= 15 is 0 Å². The maximum Gasteiger partial charge on any atom is 0.272 e. The van der Waals surface area contributed by atoms with Crippen molar-refractivity contribution >= 4 is 30.0 Å². The molecule has 0 saturated heterocycles. The third-order valence-corrected chi connectivity index (χ3v) is 3.15. The van der Waals surface area contributed by atoms with Gasteiger partial charge >= 0.3 is 0 Å². The maximum atomic E-state index is 12.0. The Morgan fingerprint density at radius 3 is 2.45 bits per heavy atom. The summed E-state index contributed by atoms with van der Waals surface area (Å²) in [5, 5.41) is 3.51. The van der Waals surface area contributed by atoms with Crippen LogP contribution in [-0.2, 0) is 9.63 Å². The van der Waals surface area contributed by atoms with Crippen molar-refractivity contribution in [3.63, 3.8) is 0 Å². The first-order valence-corrected chi connectivity index (χ1v) is 6.88. The Bertz CT molecular complexity index is 678. The van der Waals surface area contributed by atoms with Gasteiger partial charge in [-0.05, 0) is 17.2 Å². The zero-order valence-corrected chi connectivity index (χ0v) is 12.6. The highest BCUT2D eigenvalue weighted by Gasteiger charge is 2.11. The van der Waals surface area contributed by atoms with Crippen molar-refractivity contribution in [2.24, 2.45) is 5.16 Å². The number of amides is 1. The van der Waals surface area contributed by atoms with Crippen molar-refractivity contribution in [2.45, 2.75) is 0 Å². The van der Waals surface area contributed by atoms with Crippen LogP contribution in [0.2, 0.25) is 0 Å². The number of hydrogen-bond acceptors (Lipinski definition) is 3. The molecule has 22 heavy (non-hydrogen) atoms. The van der Waals surface area contributed by atoms with Crippen LogP contribution >= 0.6 is 0 Å². The molecule has 112 valence electrons. The minimum Gasteiger partial charge on any atom is -0.399 e. The Morgan fingerprint density at radius 1 is 1.05 bits per heavy atom. The Labute approximate surface area is 130 Å². The van der Waals surface area contributed by atoms with Gasteiger partial charge < -0.3 is 9.74 Å². The lowest BCUT2D eigenvalue weighted by atomic mass is 10.1. The summed E-state index contributed by atoms with van der Waals surface area (Å²) >= 11 is 0. The fraction of sp³-hybridized carbons (Fsp3) is 0.111. The van der Waals surface area contributed by atoms with E-state index in [1.54, 1.807) is 7.05 Å². The second-order valence-electron chi connectivity index (χ2n) is 4.62. The van der Waals surface area contributed by atoms with Gasteiger partial charge in [0.2, 0.25) is 0 Å². The van der Waals surface area contributed by atoms with Crippen LogP contribution < -0.4 is 4.90 Å². The molecule has 0 N–H and O–H groups in total. The van der Waals surface area contributed by atoms with E-state index in [-0.39, 0.29) is 5.91 Å². The highest BCUT2D eigenvalue weighted by Crippen LogP contribution is 2.21. The molecule has 0 aliphatic rings. The lowest BCUT2D eigenvalue weighted by Gasteiger charge is -2.17. The summed E-state index contributed by atoms with van der Waals surface area (Å²) in [7, 11) is 3.11. The first-order valence-electron chi connectivity index (χ1n) is 6.88. The molecular weight excluding hydrogens is 276 g/mol. The lowest BCUT2D eigenvalue weighted by molar-refractivity contribution is -0.112. The molecular formula is C18H18N2O2. The van der Waals surface area contributed by atoms with E-state index in [1.807, 2.05) is 66.7 Å². The molecule has 0 saturated carbocycles. The molecule has 2 rings (SSSR count). The molecule has 0 fully saturated rings. The second-order valence-corrected chi connectivity index (χ2v) is 4.62. The monoisotopic (exact) mass is 294 g/mol. The minimum atomic E-state index is -0.248. The Balaban J connectivity index is 2.25. The molecule has 1 amide bonds. The van der Waals surface area contributed by atoms with Gasteiger partial charge in [0.15, 0.2) is 0 Å². The van der Waals surface area contributed by atoms with Crippen molar-refractivity contribution in [1.82, 2.24) is 0 Å². The van der Waals surface area contributed by atoms with Crippen LogP contribution in [0.4, 0.5) is 5.69 Å². The summed E-state index contributed by atoms with van der Waals surface area (Å²) in [5.74, 6) is -0.248. The standard InChI is InChI=1S/C18H18N2O2/c1-20(18(21)14-19-22-2)17-11-7-6-10-16(17)13-12-15-8-4-3-5-9-15/h3-14H,1-2H3. The molecule has 0 aliphatic carbocycles. The topological polar surface area (TPSA) is 41.9 Å². The van der Waals surface area contributed by atoms with E-state index in [4.69, 9.17) is 0 Å². The molecule has 0 radical (unpaired) electrons. The molecule has 0 spiro atoms. The summed E-state index contributed by atoms with van der Waals surface area (Å²) in [6.45, 7) is 0. The van der Waals surface area contributed by atoms with Gasteiger partial charge in [0.1, 0.15) is 13.3 Å². The van der Waals surface area contributed by atoms with Gasteiger partial charge in [-0.2, -0.15) is 0 Å². The molecule has 0 atom stereocenters. The van der Waals surface area contributed by atoms with Crippen LogP contribution in [-0.4, -0.2) is 26.3 Å². The number of oxime groups is 1. The van der Waals surface area contributed by atoms with Crippen LogP contribution in [0.15, 0.2) is 59.8 Å². The zero-order valence-electron chi connectivity index (χ0n) is 12.6. The van der Waals surface area contributed by atoms with Crippen molar-refractivity contribution in [2.75, 3.05) is 19.1 Å². The third-order valence-electron chi connectivity index (χ3n) is 3.15. The van der Waals surface area contributed by atoms with E-state index in [2.05, 4.69) is 9.99 Å². The van der Waals surface area contributed by atoms with Crippen molar-refractivity contribution in [3.8, 4) is 0 Å². The Morgan fingerprint density at radius 2 is 1.73 bits per heavy atom. The Hall–Kier alpha value is -2.88. The van der Waals surface area contributed by atoms with Gasteiger partial charge in [0.05, 0.1) is 5.69 Å². The highest BCUT2D eigenvalue weighted by atomic mass is 16.6. The summed E-state index contributed by atoms with van der Waals surface area (Å²) < 4.78 is 0. The normalized spacial score (nSPS) is 11.0. The van der Waals surface area contributed by atoms with E-state index in [0.29, 0.717) is 0 Å².